The highest BCUT2D eigenvalue weighted by Crippen LogP contribution is 2.15. The van der Waals surface area contributed by atoms with Crippen molar-refractivity contribution in [1.82, 2.24) is 5.32 Å². The number of nitrogens with one attached hydrogen (secondary N) is 1. The minimum absolute atomic E-state index is 0.669. The van der Waals surface area contributed by atoms with Gasteiger partial charge in [0.05, 0.1) is 0 Å². The van der Waals surface area contributed by atoms with E-state index in [0.717, 1.165) is 12.5 Å². The smallest absolute Gasteiger partial charge is 0.0115 e. The summed E-state index contributed by atoms with van der Waals surface area (Å²) in [6, 6.07) is 5.07. The predicted octanol–water partition coefficient (Wildman–Crippen LogP) is 4.10. The Balaban J connectivity index is 2.29. The monoisotopic (exact) mass is 239 g/mol. The van der Waals surface area contributed by atoms with Gasteiger partial charge in [-0.05, 0) is 36.8 Å². The predicted molar refractivity (Wildman–Crippen MR) is 74.2 cm³/mol. The molecule has 1 rings (SSSR count). The van der Waals surface area contributed by atoms with Crippen molar-refractivity contribution in [3.8, 4) is 0 Å². The maximum Gasteiger partial charge on any atom is 0.0115 e. The van der Waals surface area contributed by atoms with Crippen LogP contribution in [0.2, 0.25) is 0 Å². The molecule has 0 saturated carbocycles. The Kier molecular flexibility index (Phi) is 6.74. The summed E-state index contributed by atoms with van der Waals surface area (Å²) in [6.07, 6.45) is 5.21. The molecule has 1 aromatic rings. The zero-order valence-electron chi connectivity index (χ0n) is 10.8. The molecule has 0 fully saturated rings. The van der Waals surface area contributed by atoms with E-state index >= 15 is 0 Å². The normalized spacial score (nSPS) is 13.2. The first kappa shape index (κ1) is 13.7. The largest absolute Gasteiger partial charge is 0.314 e. The molecule has 0 aromatic carbocycles. The third-order valence-corrected chi connectivity index (χ3v) is 3.75. The number of hydrogen-bond donors (Lipinski definition) is 1. The van der Waals surface area contributed by atoms with Crippen LogP contribution >= 0.6 is 11.3 Å². The van der Waals surface area contributed by atoms with Gasteiger partial charge in [0.2, 0.25) is 0 Å². The van der Waals surface area contributed by atoms with E-state index in [2.05, 4.69) is 43.6 Å². The fraction of sp³-hybridized carbons (Fsp3) is 0.714. The van der Waals surface area contributed by atoms with Crippen molar-refractivity contribution in [3.63, 3.8) is 0 Å². The molecule has 1 N–H and O–H groups in total. The highest BCUT2D eigenvalue weighted by Gasteiger charge is 2.09. The molecule has 1 heterocycles. The summed E-state index contributed by atoms with van der Waals surface area (Å²) in [5.41, 5.74) is 0. The lowest BCUT2D eigenvalue weighted by Crippen LogP contribution is -2.30. The van der Waals surface area contributed by atoms with E-state index in [9.17, 15) is 0 Å². The molecule has 0 aliphatic rings. The number of thiophene rings is 1. The van der Waals surface area contributed by atoms with Gasteiger partial charge in [0, 0.05) is 10.9 Å². The van der Waals surface area contributed by atoms with Crippen molar-refractivity contribution in [3.05, 3.63) is 22.4 Å². The van der Waals surface area contributed by atoms with E-state index in [1.165, 1.54) is 30.6 Å². The van der Waals surface area contributed by atoms with Crippen LogP contribution in [0.5, 0.6) is 0 Å². The average molecular weight is 239 g/mol. The summed E-state index contributed by atoms with van der Waals surface area (Å²) in [5, 5.41) is 5.77. The van der Waals surface area contributed by atoms with Gasteiger partial charge in [-0.1, -0.05) is 39.7 Å². The number of hydrogen-bond acceptors (Lipinski definition) is 2. The fourth-order valence-corrected chi connectivity index (χ4v) is 2.80. The highest BCUT2D eigenvalue weighted by atomic mass is 32.1. The van der Waals surface area contributed by atoms with E-state index < -0.39 is 0 Å². The maximum atomic E-state index is 3.60. The molecule has 0 bridgehead atoms. The van der Waals surface area contributed by atoms with Gasteiger partial charge in [-0.2, -0.15) is 0 Å². The Morgan fingerprint density at radius 1 is 1.31 bits per heavy atom. The lowest BCUT2D eigenvalue weighted by atomic mass is 10.0. The van der Waals surface area contributed by atoms with Crippen LogP contribution in [0, 0.1) is 5.92 Å². The molecule has 92 valence electrons. The molecule has 1 aromatic heterocycles. The Labute approximate surface area is 104 Å². The molecule has 0 aliphatic carbocycles. The topological polar surface area (TPSA) is 12.0 Å². The first-order chi connectivity index (χ1) is 7.72. The second kappa shape index (κ2) is 7.86. The summed E-state index contributed by atoms with van der Waals surface area (Å²) < 4.78 is 0. The van der Waals surface area contributed by atoms with E-state index in [1.807, 2.05) is 11.3 Å². The van der Waals surface area contributed by atoms with Crippen molar-refractivity contribution in [2.24, 2.45) is 5.92 Å². The zero-order chi connectivity index (χ0) is 11.8. The third kappa shape index (κ3) is 5.66. The van der Waals surface area contributed by atoms with Crippen LogP contribution in [-0.2, 0) is 6.42 Å². The SMILES string of the molecule is CCNC(CCCC(C)C)Cc1cccs1. The summed E-state index contributed by atoms with van der Waals surface area (Å²) in [5.74, 6) is 0.837. The zero-order valence-corrected chi connectivity index (χ0v) is 11.6. The molecule has 1 atom stereocenters. The van der Waals surface area contributed by atoms with Crippen molar-refractivity contribution in [1.29, 1.82) is 0 Å². The van der Waals surface area contributed by atoms with Crippen LogP contribution in [0.25, 0.3) is 0 Å². The van der Waals surface area contributed by atoms with Gasteiger partial charge in [0.1, 0.15) is 0 Å². The van der Waals surface area contributed by atoms with E-state index in [1.54, 1.807) is 0 Å². The fourth-order valence-electron chi connectivity index (χ4n) is 2.01. The van der Waals surface area contributed by atoms with Crippen LogP contribution in [0.15, 0.2) is 17.5 Å². The summed E-state index contributed by atoms with van der Waals surface area (Å²) in [4.78, 5) is 1.51. The van der Waals surface area contributed by atoms with Gasteiger partial charge < -0.3 is 5.32 Å². The van der Waals surface area contributed by atoms with Crippen molar-refractivity contribution in [2.75, 3.05) is 6.54 Å². The Bertz CT molecular complexity index is 254. The number of rotatable bonds is 8. The molecule has 1 unspecified atom stereocenters. The standard InChI is InChI=1S/C14H25NS/c1-4-15-13(8-5-7-12(2)3)11-14-9-6-10-16-14/h6,9-10,12-13,15H,4-5,7-8,11H2,1-3H3. The van der Waals surface area contributed by atoms with Gasteiger partial charge in [-0.3, -0.25) is 0 Å². The lowest BCUT2D eigenvalue weighted by Gasteiger charge is -2.17. The first-order valence-corrected chi connectivity index (χ1v) is 7.36. The van der Waals surface area contributed by atoms with E-state index in [4.69, 9.17) is 0 Å². The molecular formula is C14H25NS. The highest BCUT2D eigenvalue weighted by molar-refractivity contribution is 7.09. The van der Waals surface area contributed by atoms with E-state index in [-0.39, 0.29) is 0 Å². The van der Waals surface area contributed by atoms with Crippen molar-refractivity contribution in [2.45, 2.75) is 52.5 Å². The maximum absolute atomic E-state index is 3.60. The number of likely N-dealkylation sites (N-methyl/N-ethyl adjacent to an activating group) is 1. The summed E-state index contributed by atoms with van der Waals surface area (Å²) >= 11 is 1.88. The average Bonchev–Trinajstić information content (AvgIpc) is 2.70. The Hall–Kier alpha value is -0.340. The second-order valence-electron chi connectivity index (χ2n) is 4.86. The van der Waals surface area contributed by atoms with Crippen LogP contribution in [0.4, 0.5) is 0 Å². The lowest BCUT2D eigenvalue weighted by molar-refractivity contribution is 0.443. The molecule has 0 radical (unpaired) electrons. The van der Waals surface area contributed by atoms with Gasteiger partial charge in [-0.25, -0.2) is 0 Å². The van der Waals surface area contributed by atoms with Gasteiger partial charge in [0.25, 0.3) is 0 Å². The molecular weight excluding hydrogens is 214 g/mol. The minimum Gasteiger partial charge on any atom is -0.314 e. The summed E-state index contributed by atoms with van der Waals surface area (Å²) in [6.45, 7) is 7.89. The molecule has 16 heavy (non-hydrogen) atoms. The second-order valence-corrected chi connectivity index (χ2v) is 5.90. The third-order valence-electron chi connectivity index (χ3n) is 2.85. The van der Waals surface area contributed by atoms with E-state index in [0.29, 0.717) is 6.04 Å². The van der Waals surface area contributed by atoms with Gasteiger partial charge >= 0.3 is 0 Å². The molecule has 1 nitrogen and oxygen atoms in total. The molecule has 0 aliphatic heterocycles. The van der Waals surface area contributed by atoms with Crippen molar-refractivity contribution < 1.29 is 0 Å². The summed E-state index contributed by atoms with van der Waals surface area (Å²) in [7, 11) is 0. The Morgan fingerprint density at radius 3 is 2.69 bits per heavy atom. The molecule has 0 saturated heterocycles. The van der Waals surface area contributed by atoms with Gasteiger partial charge in [-0.15, -0.1) is 11.3 Å². The Morgan fingerprint density at radius 2 is 2.12 bits per heavy atom. The minimum atomic E-state index is 0.669. The van der Waals surface area contributed by atoms with Crippen molar-refractivity contribution >= 4 is 11.3 Å². The van der Waals surface area contributed by atoms with Crippen LogP contribution < -0.4 is 5.32 Å². The first-order valence-electron chi connectivity index (χ1n) is 6.48. The molecule has 0 spiro atoms. The van der Waals surface area contributed by atoms with Crippen LogP contribution in [0.1, 0.15) is 44.9 Å². The van der Waals surface area contributed by atoms with Crippen LogP contribution in [-0.4, -0.2) is 12.6 Å². The van der Waals surface area contributed by atoms with Crippen LogP contribution in [0.3, 0.4) is 0 Å². The quantitative estimate of drug-likeness (QED) is 0.720. The molecule has 0 amide bonds. The van der Waals surface area contributed by atoms with Gasteiger partial charge in [0.15, 0.2) is 0 Å². The molecule has 2 heteroatoms.